The summed E-state index contributed by atoms with van der Waals surface area (Å²) in [6, 6.07) is 4.04. The van der Waals surface area contributed by atoms with Crippen molar-refractivity contribution in [1.82, 2.24) is 15.0 Å². The summed E-state index contributed by atoms with van der Waals surface area (Å²) in [6.45, 7) is 9.23. The molecule has 2 heterocycles. The van der Waals surface area contributed by atoms with Gasteiger partial charge in [0.2, 0.25) is 0 Å². The van der Waals surface area contributed by atoms with Crippen LogP contribution < -0.4 is 5.32 Å². The average molecular weight is 270 g/mol. The maximum Gasteiger partial charge on any atom is 0.180 e. The highest BCUT2D eigenvalue weighted by molar-refractivity contribution is 5.59. The van der Waals surface area contributed by atoms with Gasteiger partial charge < -0.3 is 5.32 Å². The van der Waals surface area contributed by atoms with Crippen molar-refractivity contribution in [1.29, 1.82) is 0 Å². The molecule has 0 aliphatic rings. The van der Waals surface area contributed by atoms with Crippen LogP contribution in [0.15, 0.2) is 18.3 Å². The fraction of sp³-hybridized carbons (Fsp3) is 0.438. The lowest BCUT2D eigenvalue weighted by molar-refractivity contribution is 0.976. The van der Waals surface area contributed by atoms with E-state index in [1.54, 1.807) is 6.20 Å². The Morgan fingerprint density at radius 2 is 1.90 bits per heavy atom. The quantitative estimate of drug-likeness (QED) is 0.904. The highest BCUT2D eigenvalue weighted by Crippen LogP contribution is 2.23. The van der Waals surface area contributed by atoms with E-state index in [0.29, 0.717) is 5.82 Å². The molecule has 0 aromatic carbocycles. The van der Waals surface area contributed by atoms with Gasteiger partial charge in [0.05, 0.1) is 0 Å². The maximum absolute atomic E-state index is 4.69. The Labute approximate surface area is 120 Å². The highest BCUT2D eigenvalue weighted by Gasteiger charge is 2.13. The Bertz CT molecular complexity index is 593. The van der Waals surface area contributed by atoms with Crippen molar-refractivity contribution in [2.45, 2.75) is 40.5 Å². The largest absolute Gasteiger partial charge is 0.370 e. The lowest BCUT2D eigenvalue weighted by atomic mass is 10.1. The highest BCUT2D eigenvalue weighted by atomic mass is 15.0. The zero-order valence-electron chi connectivity index (χ0n) is 12.7. The Kier molecular flexibility index (Phi) is 4.66. The molecule has 106 valence electrons. The van der Waals surface area contributed by atoms with Gasteiger partial charge in [0.1, 0.15) is 11.5 Å². The summed E-state index contributed by atoms with van der Waals surface area (Å²) in [6.07, 6.45) is 3.66. The third-order valence-electron chi connectivity index (χ3n) is 3.40. The number of nitrogens with zero attached hydrogens (tertiary/aromatic N) is 3. The zero-order valence-corrected chi connectivity index (χ0v) is 12.7. The smallest absolute Gasteiger partial charge is 0.180 e. The Morgan fingerprint density at radius 1 is 1.10 bits per heavy atom. The maximum atomic E-state index is 4.69. The predicted octanol–water partition coefficient (Wildman–Crippen LogP) is 3.40. The van der Waals surface area contributed by atoms with Gasteiger partial charge in [0.15, 0.2) is 5.82 Å². The molecule has 0 bridgehead atoms. The molecule has 0 saturated carbocycles. The molecule has 4 nitrogen and oxygen atoms in total. The minimum atomic E-state index is 0.716. The molecule has 0 saturated heterocycles. The van der Waals surface area contributed by atoms with E-state index < -0.39 is 0 Å². The monoisotopic (exact) mass is 270 g/mol. The summed E-state index contributed by atoms with van der Waals surface area (Å²) in [5.41, 5.74) is 4.28. The van der Waals surface area contributed by atoms with Crippen LogP contribution in [0.4, 0.5) is 5.82 Å². The SMILES string of the molecule is CCNc1nc(-c2ncccc2CC)nc(C)c1CC. The molecule has 0 atom stereocenters. The van der Waals surface area contributed by atoms with Crippen LogP contribution in [0, 0.1) is 6.92 Å². The molecule has 2 aromatic rings. The summed E-state index contributed by atoms with van der Waals surface area (Å²) < 4.78 is 0. The van der Waals surface area contributed by atoms with E-state index in [9.17, 15) is 0 Å². The van der Waals surface area contributed by atoms with Crippen molar-refractivity contribution < 1.29 is 0 Å². The number of hydrogen-bond acceptors (Lipinski definition) is 4. The van der Waals surface area contributed by atoms with E-state index in [-0.39, 0.29) is 0 Å². The second kappa shape index (κ2) is 6.46. The summed E-state index contributed by atoms with van der Waals surface area (Å²) in [7, 11) is 0. The topological polar surface area (TPSA) is 50.7 Å². The minimum absolute atomic E-state index is 0.716. The van der Waals surface area contributed by atoms with Gasteiger partial charge in [-0.2, -0.15) is 0 Å². The van der Waals surface area contributed by atoms with E-state index in [1.807, 2.05) is 13.0 Å². The summed E-state index contributed by atoms with van der Waals surface area (Å²) >= 11 is 0. The molecule has 0 fully saturated rings. The standard InChI is InChI=1S/C16H22N4/c1-5-12-9-8-10-18-14(12)16-19-11(4)13(6-2)15(20-16)17-7-3/h8-10H,5-7H2,1-4H3,(H,17,19,20). The van der Waals surface area contributed by atoms with Crippen LogP contribution in [0.2, 0.25) is 0 Å². The van der Waals surface area contributed by atoms with Crippen LogP contribution in [-0.2, 0) is 12.8 Å². The van der Waals surface area contributed by atoms with Gasteiger partial charge in [-0.15, -0.1) is 0 Å². The Morgan fingerprint density at radius 3 is 2.55 bits per heavy atom. The molecule has 0 spiro atoms. The van der Waals surface area contributed by atoms with Crippen molar-refractivity contribution >= 4 is 5.82 Å². The first kappa shape index (κ1) is 14.4. The predicted molar refractivity (Wildman–Crippen MR) is 82.9 cm³/mol. The van der Waals surface area contributed by atoms with Crippen molar-refractivity contribution in [3.63, 3.8) is 0 Å². The molecule has 2 aromatic heterocycles. The molecular weight excluding hydrogens is 248 g/mol. The Balaban J connectivity index is 2.57. The number of anilines is 1. The molecule has 0 amide bonds. The van der Waals surface area contributed by atoms with Crippen LogP contribution in [0.1, 0.15) is 37.6 Å². The summed E-state index contributed by atoms with van der Waals surface area (Å²) in [4.78, 5) is 13.8. The summed E-state index contributed by atoms with van der Waals surface area (Å²) in [5, 5.41) is 3.34. The number of aromatic nitrogens is 3. The third-order valence-corrected chi connectivity index (χ3v) is 3.40. The van der Waals surface area contributed by atoms with Crippen LogP contribution in [0.25, 0.3) is 11.5 Å². The number of nitrogens with one attached hydrogen (secondary N) is 1. The van der Waals surface area contributed by atoms with Crippen LogP contribution in [0.5, 0.6) is 0 Å². The average Bonchev–Trinajstić information content (AvgIpc) is 2.47. The first-order chi connectivity index (χ1) is 9.71. The van der Waals surface area contributed by atoms with E-state index >= 15 is 0 Å². The van der Waals surface area contributed by atoms with Crippen molar-refractivity contribution in [3.8, 4) is 11.5 Å². The molecule has 0 radical (unpaired) electrons. The molecular formula is C16H22N4. The molecule has 0 unspecified atom stereocenters. The molecule has 20 heavy (non-hydrogen) atoms. The van der Waals surface area contributed by atoms with Crippen LogP contribution in [-0.4, -0.2) is 21.5 Å². The first-order valence-corrected chi connectivity index (χ1v) is 7.26. The molecule has 1 N–H and O–H groups in total. The molecule has 2 rings (SSSR count). The van der Waals surface area contributed by atoms with E-state index in [2.05, 4.69) is 47.1 Å². The minimum Gasteiger partial charge on any atom is -0.370 e. The normalized spacial score (nSPS) is 10.6. The number of rotatable bonds is 5. The fourth-order valence-corrected chi connectivity index (χ4v) is 2.36. The van der Waals surface area contributed by atoms with E-state index in [0.717, 1.165) is 36.6 Å². The van der Waals surface area contributed by atoms with E-state index in [1.165, 1.54) is 11.1 Å². The van der Waals surface area contributed by atoms with Crippen molar-refractivity contribution in [3.05, 3.63) is 35.2 Å². The van der Waals surface area contributed by atoms with E-state index in [4.69, 9.17) is 0 Å². The number of hydrogen-bond donors (Lipinski definition) is 1. The third kappa shape index (κ3) is 2.79. The Hall–Kier alpha value is -1.97. The number of aryl methyl sites for hydroxylation is 2. The molecule has 0 aliphatic heterocycles. The van der Waals surface area contributed by atoms with Crippen molar-refractivity contribution in [2.75, 3.05) is 11.9 Å². The van der Waals surface area contributed by atoms with Gasteiger partial charge in [-0.25, -0.2) is 9.97 Å². The fourth-order valence-electron chi connectivity index (χ4n) is 2.36. The van der Waals surface area contributed by atoms with Gasteiger partial charge in [0.25, 0.3) is 0 Å². The zero-order chi connectivity index (χ0) is 14.5. The van der Waals surface area contributed by atoms with Gasteiger partial charge in [-0.3, -0.25) is 4.98 Å². The number of pyridine rings is 1. The lowest BCUT2D eigenvalue weighted by Gasteiger charge is -2.13. The van der Waals surface area contributed by atoms with Gasteiger partial charge in [-0.05, 0) is 38.3 Å². The van der Waals surface area contributed by atoms with Crippen LogP contribution in [0.3, 0.4) is 0 Å². The van der Waals surface area contributed by atoms with Crippen molar-refractivity contribution in [2.24, 2.45) is 0 Å². The van der Waals surface area contributed by atoms with Crippen LogP contribution >= 0.6 is 0 Å². The lowest BCUT2D eigenvalue weighted by Crippen LogP contribution is -2.09. The first-order valence-electron chi connectivity index (χ1n) is 7.26. The molecule has 0 aliphatic carbocycles. The molecule has 4 heteroatoms. The summed E-state index contributed by atoms with van der Waals surface area (Å²) in [5.74, 6) is 1.65. The van der Waals surface area contributed by atoms with Gasteiger partial charge in [-0.1, -0.05) is 19.9 Å². The van der Waals surface area contributed by atoms with Gasteiger partial charge >= 0.3 is 0 Å². The second-order valence-electron chi connectivity index (χ2n) is 4.71. The second-order valence-corrected chi connectivity index (χ2v) is 4.71. The van der Waals surface area contributed by atoms with Gasteiger partial charge in [0, 0.05) is 24.0 Å².